The van der Waals surface area contributed by atoms with Crippen LogP contribution in [0.4, 0.5) is 19.0 Å². The van der Waals surface area contributed by atoms with Gasteiger partial charge in [-0.25, -0.2) is 4.68 Å². The predicted octanol–water partition coefficient (Wildman–Crippen LogP) is 5.81. The third kappa shape index (κ3) is 4.33. The van der Waals surface area contributed by atoms with Crippen LogP contribution in [0.5, 0.6) is 0 Å². The molecule has 0 bridgehead atoms. The second kappa shape index (κ2) is 8.52. The molecule has 1 amide bonds. The molecule has 2 heterocycles. The van der Waals surface area contributed by atoms with Crippen molar-refractivity contribution in [2.24, 2.45) is 0 Å². The summed E-state index contributed by atoms with van der Waals surface area (Å²) in [6.45, 7) is 1.88. The van der Waals surface area contributed by atoms with Crippen molar-refractivity contribution in [3.05, 3.63) is 92.7 Å². The molecule has 0 aliphatic carbocycles. The first-order valence-electron chi connectivity index (χ1n) is 9.56. The fourth-order valence-electron chi connectivity index (χ4n) is 3.57. The van der Waals surface area contributed by atoms with Gasteiger partial charge in [0.2, 0.25) is 0 Å². The maximum atomic E-state index is 13.3. The van der Waals surface area contributed by atoms with E-state index in [9.17, 15) is 18.0 Å². The minimum atomic E-state index is -4.64. The standard InChI is InChI=1S/C22H17Cl2F3N4O/c1-12-19(21(32)28-11-13-5-3-2-4-6-13)20(14-7-8-15(23)16(24)9-14)31-18(29-12)10-17(30-31)22(25,26)27/h2-10,20,29H,11H2,1H3,(H,28,32). The van der Waals surface area contributed by atoms with Gasteiger partial charge in [-0.2, -0.15) is 18.3 Å². The maximum Gasteiger partial charge on any atom is 0.435 e. The summed E-state index contributed by atoms with van der Waals surface area (Å²) in [5, 5.41) is 9.96. The normalized spacial score (nSPS) is 15.9. The number of halogens is 5. The smallest absolute Gasteiger partial charge is 0.348 e. The molecule has 1 aromatic heterocycles. The Hall–Kier alpha value is -2.97. The molecule has 32 heavy (non-hydrogen) atoms. The number of amides is 1. The highest BCUT2D eigenvalue weighted by atomic mass is 35.5. The van der Waals surface area contributed by atoms with Crippen LogP contribution >= 0.6 is 23.2 Å². The number of nitrogens with one attached hydrogen (secondary N) is 2. The van der Waals surface area contributed by atoms with Crippen molar-refractivity contribution in [3.63, 3.8) is 0 Å². The van der Waals surface area contributed by atoms with E-state index in [2.05, 4.69) is 15.7 Å². The topological polar surface area (TPSA) is 59.0 Å². The highest BCUT2D eigenvalue weighted by Crippen LogP contribution is 2.40. The van der Waals surface area contributed by atoms with Gasteiger partial charge in [-0.15, -0.1) is 0 Å². The van der Waals surface area contributed by atoms with Crippen LogP contribution in [0.1, 0.15) is 29.8 Å². The summed E-state index contributed by atoms with van der Waals surface area (Å²) in [6.07, 6.45) is -4.64. The van der Waals surface area contributed by atoms with Crippen molar-refractivity contribution < 1.29 is 18.0 Å². The Kier molecular flexibility index (Phi) is 5.92. The largest absolute Gasteiger partial charge is 0.435 e. The van der Waals surface area contributed by atoms with Gasteiger partial charge in [0.25, 0.3) is 5.91 Å². The van der Waals surface area contributed by atoms with Gasteiger partial charge in [-0.3, -0.25) is 4.79 Å². The summed E-state index contributed by atoms with van der Waals surface area (Å²) in [7, 11) is 0. The maximum absolute atomic E-state index is 13.3. The number of benzene rings is 2. The molecule has 4 rings (SSSR count). The van der Waals surface area contributed by atoms with Crippen LogP contribution in [0.2, 0.25) is 10.0 Å². The van der Waals surface area contributed by atoms with Crippen molar-refractivity contribution in [2.45, 2.75) is 25.7 Å². The SMILES string of the molecule is CC1=C(C(=O)NCc2ccccc2)C(c2ccc(Cl)c(Cl)c2)n2nc(C(F)(F)F)cc2N1. The Morgan fingerprint density at radius 1 is 1.12 bits per heavy atom. The van der Waals surface area contributed by atoms with Crippen LogP contribution in [0.15, 0.2) is 65.9 Å². The van der Waals surface area contributed by atoms with Crippen LogP contribution in [-0.4, -0.2) is 15.7 Å². The molecule has 0 saturated heterocycles. The van der Waals surface area contributed by atoms with Crippen molar-refractivity contribution in [1.82, 2.24) is 15.1 Å². The van der Waals surface area contributed by atoms with Gasteiger partial charge in [0, 0.05) is 18.3 Å². The number of rotatable bonds is 4. The van der Waals surface area contributed by atoms with Crippen molar-refractivity contribution in [1.29, 1.82) is 0 Å². The summed E-state index contributed by atoms with van der Waals surface area (Å²) in [4.78, 5) is 13.2. The van der Waals surface area contributed by atoms with Crippen LogP contribution in [0.25, 0.3) is 0 Å². The third-order valence-electron chi connectivity index (χ3n) is 5.06. The number of nitrogens with zero attached hydrogens (tertiary/aromatic N) is 2. The number of fused-ring (bicyclic) bond motifs is 1. The second-order valence-corrected chi connectivity index (χ2v) is 8.08. The first-order chi connectivity index (χ1) is 15.1. The van der Waals surface area contributed by atoms with Crippen LogP contribution in [0.3, 0.4) is 0 Å². The van der Waals surface area contributed by atoms with E-state index in [1.54, 1.807) is 13.0 Å². The first-order valence-corrected chi connectivity index (χ1v) is 10.3. The van der Waals surface area contributed by atoms with E-state index >= 15 is 0 Å². The Morgan fingerprint density at radius 2 is 1.84 bits per heavy atom. The molecule has 0 spiro atoms. The minimum absolute atomic E-state index is 0.116. The molecule has 0 saturated carbocycles. The Labute approximate surface area is 191 Å². The molecular formula is C22H17Cl2F3N4O. The van der Waals surface area contributed by atoms with E-state index in [0.717, 1.165) is 16.3 Å². The van der Waals surface area contributed by atoms with Gasteiger partial charge in [0.15, 0.2) is 5.69 Å². The number of anilines is 1. The average molecular weight is 481 g/mol. The number of allylic oxidation sites excluding steroid dienone is 1. The second-order valence-electron chi connectivity index (χ2n) is 7.27. The molecule has 1 unspecified atom stereocenters. The molecule has 3 aromatic rings. The molecule has 1 aliphatic heterocycles. The van der Waals surface area contributed by atoms with Crippen LogP contribution < -0.4 is 10.6 Å². The summed E-state index contributed by atoms with van der Waals surface area (Å²) in [5.74, 6) is -0.324. The van der Waals surface area contributed by atoms with E-state index in [1.165, 1.54) is 12.1 Å². The highest BCUT2D eigenvalue weighted by Gasteiger charge is 2.39. The quantitative estimate of drug-likeness (QED) is 0.494. The Bertz CT molecular complexity index is 1210. The zero-order valence-corrected chi connectivity index (χ0v) is 18.2. The molecule has 166 valence electrons. The monoisotopic (exact) mass is 480 g/mol. The van der Waals surface area contributed by atoms with Gasteiger partial charge < -0.3 is 10.6 Å². The van der Waals surface area contributed by atoms with E-state index in [-0.39, 0.29) is 28.0 Å². The lowest BCUT2D eigenvalue weighted by atomic mass is 9.94. The predicted molar refractivity (Wildman–Crippen MR) is 116 cm³/mol. The fourth-order valence-corrected chi connectivity index (χ4v) is 3.87. The zero-order chi connectivity index (χ0) is 23.0. The number of alkyl halides is 3. The Morgan fingerprint density at radius 3 is 2.50 bits per heavy atom. The molecule has 5 nitrogen and oxygen atoms in total. The lowest BCUT2D eigenvalue weighted by Gasteiger charge is -2.30. The van der Waals surface area contributed by atoms with E-state index in [1.807, 2.05) is 30.3 Å². The van der Waals surface area contributed by atoms with Gasteiger partial charge in [0.1, 0.15) is 11.9 Å². The lowest BCUT2D eigenvalue weighted by Crippen LogP contribution is -2.34. The number of aromatic nitrogens is 2. The highest BCUT2D eigenvalue weighted by molar-refractivity contribution is 6.42. The van der Waals surface area contributed by atoms with E-state index in [4.69, 9.17) is 23.2 Å². The van der Waals surface area contributed by atoms with Crippen molar-refractivity contribution >= 4 is 34.9 Å². The van der Waals surface area contributed by atoms with Gasteiger partial charge >= 0.3 is 6.18 Å². The lowest BCUT2D eigenvalue weighted by molar-refractivity contribution is -0.141. The van der Waals surface area contributed by atoms with Crippen LogP contribution in [-0.2, 0) is 17.5 Å². The first kappa shape index (κ1) is 22.2. The van der Waals surface area contributed by atoms with Crippen molar-refractivity contribution in [2.75, 3.05) is 5.32 Å². The van der Waals surface area contributed by atoms with Gasteiger partial charge in [0.05, 0.1) is 15.6 Å². The van der Waals surface area contributed by atoms with Crippen molar-refractivity contribution in [3.8, 4) is 0 Å². The molecule has 1 atom stereocenters. The molecule has 10 heteroatoms. The number of carbonyl (C=O) groups is 1. The number of hydrogen-bond acceptors (Lipinski definition) is 3. The summed E-state index contributed by atoms with van der Waals surface area (Å²) in [5.41, 5.74) is 0.927. The zero-order valence-electron chi connectivity index (χ0n) is 16.7. The van der Waals surface area contributed by atoms with E-state index < -0.39 is 23.8 Å². The molecule has 1 aliphatic rings. The van der Waals surface area contributed by atoms with E-state index in [0.29, 0.717) is 11.3 Å². The molecular weight excluding hydrogens is 464 g/mol. The van der Waals surface area contributed by atoms with Gasteiger partial charge in [-0.1, -0.05) is 59.6 Å². The molecule has 2 aromatic carbocycles. The molecule has 0 radical (unpaired) electrons. The fraction of sp³-hybridized carbons (Fsp3) is 0.182. The molecule has 0 fully saturated rings. The minimum Gasteiger partial charge on any atom is -0.348 e. The Balaban J connectivity index is 1.76. The summed E-state index contributed by atoms with van der Waals surface area (Å²) >= 11 is 12.2. The summed E-state index contributed by atoms with van der Waals surface area (Å²) < 4.78 is 41.2. The van der Waals surface area contributed by atoms with Crippen LogP contribution in [0, 0.1) is 0 Å². The van der Waals surface area contributed by atoms with Gasteiger partial charge in [-0.05, 0) is 30.2 Å². The molecule has 2 N–H and O–H groups in total. The number of carbonyl (C=O) groups excluding carboxylic acids is 1. The number of hydrogen-bond donors (Lipinski definition) is 2. The summed E-state index contributed by atoms with van der Waals surface area (Å²) in [6, 6.07) is 13.9. The average Bonchev–Trinajstić information content (AvgIpc) is 3.18. The third-order valence-corrected chi connectivity index (χ3v) is 5.80.